The van der Waals surface area contributed by atoms with Crippen LogP contribution in [0.25, 0.3) is 0 Å². The van der Waals surface area contributed by atoms with Crippen molar-refractivity contribution in [1.29, 1.82) is 0 Å². The van der Waals surface area contributed by atoms with Crippen LogP contribution in [0, 0.1) is 0 Å². The molecular weight excluding hydrogens is 364 g/mol. The van der Waals surface area contributed by atoms with Gasteiger partial charge in [0.1, 0.15) is 5.75 Å². The van der Waals surface area contributed by atoms with Gasteiger partial charge in [-0.1, -0.05) is 15.9 Å². The van der Waals surface area contributed by atoms with E-state index in [4.69, 9.17) is 9.15 Å². The minimum Gasteiger partial charge on any atom is -0.484 e. The van der Waals surface area contributed by atoms with Crippen LogP contribution in [0.1, 0.15) is 17.0 Å². The molecule has 0 saturated heterocycles. The maximum Gasteiger partial charge on any atom is 0.286 e. The van der Waals surface area contributed by atoms with E-state index in [1.807, 2.05) is 12.1 Å². The van der Waals surface area contributed by atoms with Gasteiger partial charge in [0.25, 0.3) is 11.8 Å². The second-order valence-electron chi connectivity index (χ2n) is 4.68. The second-order valence-corrected chi connectivity index (χ2v) is 5.59. The molecule has 7 heteroatoms. The molecule has 0 bridgehead atoms. The van der Waals surface area contributed by atoms with E-state index in [0.29, 0.717) is 25.3 Å². The number of amides is 2. The monoisotopic (exact) mass is 380 g/mol. The number of carbonyl (C=O) groups is 2. The third-order valence-corrected chi connectivity index (χ3v) is 3.42. The van der Waals surface area contributed by atoms with Crippen molar-refractivity contribution in [1.82, 2.24) is 10.6 Å². The van der Waals surface area contributed by atoms with Gasteiger partial charge in [-0.3, -0.25) is 9.59 Å². The molecule has 0 radical (unpaired) electrons. The van der Waals surface area contributed by atoms with Crippen molar-refractivity contribution in [3.05, 3.63) is 52.9 Å². The van der Waals surface area contributed by atoms with Crippen LogP contribution in [0.2, 0.25) is 0 Å². The molecule has 6 nitrogen and oxygen atoms in total. The maximum absolute atomic E-state index is 11.6. The van der Waals surface area contributed by atoms with Gasteiger partial charge in [0.05, 0.1) is 6.26 Å². The van der Waals surface area contributed by atoms with Crippen molar-refractivity contribution < 1.29 is 18.7 Å². The Bertz CT molecular complexity index is 626. The van der Waals surface area contributed by atoms with Gasteiger partial charge >= 0.3 is 0 Å². The van der Waals surface area contributed by atoms with Gasteiger partial charge in [-0.2, -0.15) is 0 Å². The zero-order valence-corrected chi connectivity index (χ0v) is 14.0. The van der Waals surface area contributed by atoms with Gasteiger partial charge in [0, 0.05) is 17.6 Å². The summed E-state index contributed by atoms with van der Waals surface area (Å²) >= 11 is 3.33. The molecular formula is C16H17BrN2O4. The van der Waals surface area contributed by atoms with Crippen LogP contribution in [0.15, 0.2) is 51.6 Å². The number of hydrogen-bond acceptors (Lipinski definition) is 4. The molecule has 0 aliphatic rings. The average molecular weight is 381 g/mol. The quantitative estimate of drug-likeness (QED) is 0.688. The van der Waals surface area contributed by atoms with E-state index in [0.717, 1.165) is 4.47 Å². The van der Waals surface area contributed by atoms with E-state index < -0.39 is 0 Å². The molecule has 1 aromatic heterocycles. The van der Waals surface area contributed by atoms with E-state index in [1.165, 1.54) is 6.26 Å². The first-order valence-electron chi connectivity index (χ1n) is 7.12. The van der Waals surface area contributed by atoms with Crippen LogP contribution in [0.3, 0.4) is 0 Å². The molecule has 2 amide bonds. The molecule has 0 aliphatic carbocycles. The normalized spacial score (nSPS) is 10.1. The molecule has 0 spiro atoms. The van der Waals surface area contributed by atoms with Crippen LogP contribution in [0.4, 0.5) is 0 Å². The summed E-state index contributed by atoms with van der Waals surface area (Å²) in [5.74, 6) is 0.441. The van der Waals surface area contributed by atoms with Gasteiger partial charge in [-0.25, -0.2) is 0 Å². The van der Waals surface area contributed by atoms with E-state index in [2.05, 4.69) is 26.6 Å². The molecule has 0 fully saturated rings. The molecule has 2 aromatic rings. The smallest absolute Gasteiger partial charge is 0.286 e. The number of furan rings is 1. The average Bonchev–Trinajstić information content (AvgIpc) is 3.08. The molecule has 122 valence electrons. The second kappa shape index (κ2) is 8.99. The molecule has 2 rings (SSSR count). The number of nitrogens with one attached hydrogen (secondary N) is 2. The van der Waals surface area contributed by atoms with Crippen molar-refractivity contribution in [2.75, 3.05) is 19.7 Å². The van der Waals surface area contributed by atoms with Crippen LogP contribution in [0.5, 0.6) is 5.75 Å². The van der Waals surface area contributed by atoms with Crippen molar-refractivity contribution >= 4 is 27.7 Å². The van der Waals surface area contributed by atoms with E-state index in [-0.39, 0.29) is 24.2 Å². The van der Waals surface area contributed by atoms with Crippen molar-refractivity contribution in [2.45, 2.75) is 6.42 Å². The Hall–Kier alpha value is -2.28. The molecule has 0 aliphatic heterocycles. The minimum atomic E-state index is -0.264. The van der Waals surface area contributed by atoms with E-state index in [9.17, 15) is 9.59 Å². The highest BCUT2D eigenvalue weighted by Gasteiger charge is 2.07. The Labute approximate surface area is 142 Å². The predicted molar refractivity (Wildman–Crippen MR) is 88.3 cm³/mol. The number of hydrogen-bond donors (Lipinski definition) is 2. The molecule has 0 saturated carbocycles. The predicted octanol–water partition coefficient (Wildman–Crippen LogP) is 2.36. The van der Waals surface area contributed by atoms with Crippen LogP contribution >= 0.6 is 15.9 Å². The number of rotatable bonds is 8. The first kappa shape index (κ1) is 17.1. The highest BCUT2D eigenvalue weighted by molar-refractivity contribution is 9.10. The number of ether oxygens (including phenoxy) is 1. The SMILES string of the molecule is O=C(COc1ccc(Br)cc1)NCCCNC(=O)c1ccco1. The summed E-state index contributed by atoms with van der Waals surface area (Å²) in [6.45, 7) is 0.870. The van der Waals surface area contributed by atoms with Crippen molar-refractivity contribution in [3.63, 3.8) is 0 Å². The lowest BCUT2D eigenvalue weighted by Gasteiger charge is -2.08. The summed E-state index contributed by atoms with van der Waals surface area (Å²) < 4.78 is 11.3. The highest BCUT2D eigenvalue weighted by Crippen LogP contribution is 2.15. The summed E-state index contributed by atoms with van der Waals surface area (Å²) in [5, 5.41) is 5.43. The third kappa shape index (κ3) is 6.15. The number of carbonyl (C=O) groups excluding carboxylic acids is 2. The highest BCUT2D eigenvalue weighted by atomic mass is 79.9. The Morgan fingerprint density at radius 2 is 1.83 bits per heavy atom. The first-order chi connectivity index (χ1) is 11.1. The molecule has 0 atom stereocenters. The van der Waals surface area contributed by atoms with E-state index >= 15 is 0 Å². The fraction of sp³-hybridized carbons (Fsp3) is 0.250. The minimum absolute atomic E-state index is 0.0413. The Balaban J connectivity index is 1.54. The summed E-state index contributed by atoms with van der Waals surface area (Å²) in [5.41, 5.74) is 0. The number of halogens is 1. The fourth-order valence-electron chi connectivity index (χ4n) is 1.74. The Kier molecular flexibility index (Phi) is 6.68. The van der Waals surface area contributed by atoms with Crippen LogP contribution in [-0.4, -0.2) is 31.5 Å². The lowest BCUT2D eigenvalue weighted by atomic mass is 10.3. The van der Waals surface area contributed by atoms with Gasteiger partial charge in [-0.05, 0) is 42.8 Å². The van der Waals surface area contributed by atoms with Gasteiger partial charge in [0.15, 0.2) is 12.4 Å². The standard InChI is InChI=1S/C16H17BrN2O4/c17-12-4-6-13(7-5-12)23-11-15(20)18-8-2-9-19-16(21)14-3-1-10-22-14/h1,3-7,10H,2,8-9,11H2,(H,18,20)(H,19,21). The molecule has 1 aromatic carbocycles. The van der Waals surface area contributed by atoms with Gasteiger partial charge in [-0.15, -0.1) is 0 Å². The largest absolute Gasteiger partial charge is 0.484 e. The van der Waals surface area contributed by atoms with Gasteiger partial charge in [0.2, 0.25) is 0 Å². The first-order valence-corrected chi connectivity index (χ1v) is 7.91. The van der Waals surface area contributed by atoms with Gasteiger partial charge < -0.3 is 19.8 Å². The zero-order valence-electron chi connectivity index (χ0n) is 12.4. The van der Waals surface area contributed by atoms with Crippen molar-refractivity contribution in [3.8, 4) is 5.75 Å². The zero-order chi connectivity index (χ0) is 16.5. The summed E-state index contributed by atoms with van der Waals surface area (Å²) in [6.07, 6.45) is 2.07. The molecule has 0 unspecified atom stereocenters. The summed E-state index contributed by atoms with van der Waals surface area (Å²) in [4.78, 5) is 23.2. The van der Waals surface area contributed by atoms with E-state index in [1.54, 1.807) is 24.3 Å². The number of benzene rings is 1. The summed E-state index contributed by atoms with van der Waals surface area (Å²) in [7, 11) is 0. The third-order valence-electron chi connectivity index (χ3n) is 2.89. The Morgan fingerprint density at radius 3 is 2.52 bits per heavy atom. The van der Waals surface area contributed by atoms with Crippen LogP contribution in [-0.2, 0) is 4.79 Å². The topological polar surface area (TPSA) is 80.6 Å². The lowest BCUT2D eigenvalue weighted by Crippen LogP contribution is -2.32. The van der Waals surface area contributed by atoms with Crippen LogP contribution < -0.4 is 15.4 Å². The summed E-state index contributed by atoms with van der Waals surface area (Å²) in [6, 6.07) is 10.5. The maximum atomic E-state index is 11.6. The molecule has 1 heterocycles. The lowest BCUT2D eigenvalue weighted by molar-refractivity contribution is -0.123. The van der Waals surface area contributed by atoms with Crippen molar-refractivity contribution in [2.24, 2.45) is 0 Å². The Morgan fingerprint density at radius 1 is 1.09 bits per heavy atom. The molecule has 23 heavy (non-hydrogen) atoms. The fourth-order valence-corrected chi connectivity index (χ4v) is 2.01. The molecule has 2 N–H and O–H groups in total.